The summed E-state index contributed by atoms with van der Waals surface area (Å²) in [5.41, 5.74) is 1.01. The quantitative estimate of drug-likeness (QED) is 0.474. The fraction of sp³-hybridized carbons (Fsp3) is 0.294. The van der Waals surface area contributed by atoms with Gasteiger partial charge in [-0.15, -0.1) is 16.8 Å². The number of para-hydroxylation sites is 1. The fourth-order valence-electron chi connectivity index (χ4n) is 2.13. The lowest BCUT2D eigenvalue weighted by atomic mass is 10.1. The van der Waals surface area contributed by atoms with Gasteiger partial charge in [0.25, 0.3) is 0 Å². The van der Waals surface area contributed by atoms with Crippen molar-refractivity contribution in [2.75, 3.05) is 5.32 Å². The number of nitrogens with one attached hydrogen (secondary N) is 1. The first-order chi connectivity index (χ1) is 11.4. The van der Waals surface area contributed by atoms with Gasteiger partial charge >= 0.3 is 0 Å². The number of anilines is 1. The average molecular weight is 344 g/mol. The third-order valence-electron chi connectivity index (χ3n) is 3.43. The van der Waals surface area contributed by atoms with Gasteiger partial charge in [-0.3, -0.25) is 9.59 Å². The Hall–Kier alpha value is -2.41. The second-order valence-corrected chi connectivity index (χ2v) is 6.59. The Morgan fingerprint density at radius 1 is 1.38 bits per heavy atom. The van der Waals surface area contributed by atoms with Gasteiger partial charge in [0.2, 0.25) is 5.91 Å². The maximum Gasteiger partial charge on any atom is 0.237 e. The number of nitrogens with zero attached hydrogens (tertiary/aromatic N) is 3. The molecule has 2 rings (SSSR count). The Morgan fingerprint density at radius 3 is 2.75 bits per heavy atom. The van der Waals surface area contributed by atoms with Crippen molar-refractivity contribution in [3.8, 4) is 0 Å². The van der Waals surface area contributed by atoms with Crippen LogP contribution < -0.4 is 5.32 Å². The lowest BCUT2D eigenvalue weighted by molar-refractivity contribution is -0.115. The second-order valence-electron chi connectivity index (χ2n) is 5.28. The predicted octanol–water partition coefficient (Wildman–Crippen LogP) is 3.09. The number of thioether (sulfide) groups is 1. The highest BCUT2D eigenvalue weighted by molar-refractivity contribution is 8.00. The first-order valence-corrected chi connectivity index (χ1v) is 8.40. The van der Waals surface area contributed by atoms with E-state index >= 15 is 0 Å². The van der Waals surface area contributed by atoms with Crippen LogP contribution in [-0.4, -0.2) is 31.7 Å². The standard InChI is InChI=1S/C17H20N4O2S/c1-5-10-21-13(4)19-20-17(21)24-12(3)16(23)18-15-9-7-6-8-14(15)11(2)22/h5-9,12H,1,10H2,2-4H3,(H,18,23). The SMILES string of the molecule is C=CCn1c(C)nnc1SC(C)C(=O)Nc1ccccc1C(C)=O. The van der Waals surface area contributed by atoms with E-state index in [-0.39, 0.29) is 11.7 Å². The summed E-state index contributed by atoms with van der Waals surface area (Å²) >= 11 is 1.32. The van der Waals surface area contributed by atoms with Crippen molar-refractivity contribution in [3.63, 3.8) is 0 Å². The number of carbonyl (C=O) groups is 2. The van der Waals surface area contributed by atoms with E-state index in [0.717, 1.165) is 5.82 Å². The maximum atomic E-state index is 12.4. The molecule has 0 bridgehead atoms. The van der Waals surface area contributed by atoms with Crippen LogP contribution in [0, 0.1) is 6.92 Å². The third-order valence-corrected chi connectivity index (χ3v) is 4.51. The number of benzene rings is 1. The number of amides is 1. The van der Waals surface area contributed by atoms with Gasteiger partial charge in [-0.25, -0.2) is 0 Å². The van der Waals surface area contributed by atoms with Crippen LogP contribution in [0.5, 0.6) is 0 Å². The highest BCUT2D eigenvalue weighted by atomic mass is 32.2. The van der Waals surface area contributed by atoms with Crippen LogP contribution in [-0.2, 0) is 11.3 Å². The summed E-state index contributed by atoms with van der Waals surface area (Å²) in [6.45, 7) is 9.42. The molecule has 1 aromatic carbocycles. The van der Waals surface area contributed by atoms with E-state index in [9.17, 15) is 9.59 Å². The molecule has 1 amide bonds. The number of ketones is 1. The number of hydrogen-bond acceptors (Lipinski definition) is 5. The predicted molar refractivity (Wildman–Crippen MR) is 95.4 cm³/mol. The van der Waals surface area contributed by atoms with Gasteiger partial charge in [0.05, 0.1) is 10.9 Å². The molecule has 1 N–H and O–H groups in total. The van der Waals surface area contributed by atoms with Gasteiger partial charge < -0.3 is 9.88 Å². The lowest BCUT2D eigenvalue weighted by Crippen LogP contribution is -2.24. The summed E-state index contributed by atoms with van der Waals surface area (Å²) in [6.07, 6.45) is 1.76. The Kier molecular flexibility index (Phi) is 5.92. The molecule has 7 heteroatoms. The van der Waals surface area contributed by atoms with Crippen LogP contribution in [0.25, 0.3) is 0 Å². The smallest absolute Gasteiger partial charge is 0.237 e. The largest absolute Gasteiger partial charge is 0.324 e. The van der Waals surface area contributed by atoms with Gasteiger partial charge in [-0.1, -0.05) is 30.0 Å². The third kappa shape index (κ3) is 4.11. The molecule has 24 heavy (non-hydrogen) atoms. The van der Waals surface area contributed by atoms with Crippen molar-refractivity contribution in [1.29, 1.82) is 0 Å². The molecule has 2 aromatic rings. The normalized spacial score (nSPS) is 11.8. The summed E-state index contributed by atoms with van der Waals surface area (Å²) < 4.78 is 1.89. The molecule has 1 heterocycles. The number of rotatable bonds is 7. The van der Waals surface area contributed by atoms with Crippen molar-refractivity contribution >= 4 is 29.1 Å². The number of aryl methyl sites for hydroxylation is 1. The zero-order valence-corrected chi connectivity index (χ0v) is 14.8. The minimum Gasteiger partial charge on any atom is -0.324 e. The van der Waals surface area contributed by atoms with Crippen LogP contribution in [0.3, 0.4) is 0 Å². The number of aromatic nitrogens is 3. The molecule has 0 aliphatic carbocycles. The molecule has 126 valence electrons. The van der Waals surface area contributed by atoms with Crippen molar-refractivity contribution in [2.24, 2.45) is 0 Å². The number of hydrogen-bond donors (Lipinski definition) is 1. The summed E-state index contributed by atoms with van der Waals surface area (Å²) in [7, 11) is 0. The van der Waals surface area contributed by atoms with Gasteiger partial charge in [0.1, 0.15) is 5.82 Å². The van der Waals surface area contributed by atoms with Gasteiger partial charge in [-0.2, -0.15) is 0 Å². The zero-order valence-electron chi connectivity index (χ0n) is 13.9. The first-order valence-electron chi connectivity index (χ1n) is 7.52. The van der Waals surface area contributed by atoms with Crippen molar-refractivity contribution in [2.45, 2.75) is 37.7 Å². The summed E-state index contributed by atoms with van der Waals surface area (Å²) in [5.74, 6) is 0.485. The molecule has 1 unspecified atom stereocenters. The van der Waals surface area contributed by atoms with Crippen molar-refractivity contribution < 1.29 is 9.59 Å². The first kappa shape index (κ1) is 17.9. The molecule has 1 atom stereocenters. The molecule has 0 spiro atoms. The molecule has 1 aromatic heterocycles. The Balaban J connectivity index is 2.11. The minimum absolute atomic E-state index is 0.0902. The number of Topliss-reactive ketones (excluding diaryl/α,β-unsaturated/α-hetero) is 1. The summed E-state index contributed by atoms with van der Waals surface area (Å²) in [4.78, 5) is 24.1. The van der Waals surface area contributed by atoms with Gasteiger partial charge in [-0.05, 0) is 32.9 Å². The number of carbonyl (C=O) groups excluding carboxylic acids is 2. The monoisotopic (exact) mass is 344 g/mol. The summed E-state index contributed by atoms with van der Waals surface area (Å²) in [6, 6.07) is 6.96. The molecule has 0 aliphatic heterocycles. The van der Waals surface area contributed by atoms with Crippen LogP contribution in [0.1, 0.15) is 30.0 Å². The van der Waals surface area contributed by atoms with E-state index in [1.807, 2.05) is 11.5 Å². The molecule has 0 aliphatic rings. The van der Waals surface area contributed by atoms with E-state index in [1.54, 1.807) is 37.3 Å². The molecular weight excluding hydrogens is 324 g/mol. The fourth-order valence-corrected chi connectivity index (χ4v) is 3.04. The Morgan fingerprint density at radius 2 is 2.08 bits per heavy atom. The van der Waals surface area contributed by atoms with Crippen LogP contribution in [0.4, 0.5) is 5.69 Å². The minimum atomic E-state index is -0.392. The second kappa shape index (κ2) is 7.92. The van der Waals surface area contributed by atoms with Crippen molar-refractivity contribution in [1.82, 2.24) is 14.8 Å². The van der Waals surface area contributed by atoms with Crippen LogP contribution >= 0.6 is 11.8 Å². The van der Waals surface area contributed by atoms with E-state index in [4.69, 9.17) is 0 Å². The molecule has 0 fully saturated rings. The average Bonchev–Trinajstić information content (AvgIpc) is 2.88. The topological polar surface area (TPSA) is 76.9 Å². The van der Waals surface area contributed by atoms with E-state index in [0.29, 0.717) is 23.0 Å². The summed E-state index contributed by atoms with van der Waals surface area (Å²) in [5, 5.41) is 11.2. The van der Waals surface area contributed by atoms with E-state index in [2.05, 4.69) is 22.1 Å². The van der Waals surface area contributed by atoms with E-state index in [1.165, 1.54) is 18.7 Å². The zero-order chi connectivity index (χ0) is 17.7. The molecule has 6 nitrogen and oxygen atoms in total. The molecule has 0 saturated heterocycles. The molecule has 0 saturated carbocycles. The highest BCUT2D eigenvalue weighted by Crippen LogP contribution is 2.24. The van der Waals surface area contributed by atoms with Crippen LogP contribution in [0.15, 0.2) is 42.1 Å². The highest BCUT2D eigenvalue weighted by Gasteiger charge is 2.20. The maximum absolute atomic E-state index is 12.4. The van der Waals surface area contributed by atoms with E-state index < -0.39 is 5.25 Å². The molecular formula is C17H20N4O2S. The van der Waals surface area contributed by atoms with Gasteiger partial charge in [0.15, 0.2) is 10.9 Å². The van der Waals surface area contributed by atoms with Gasteiger partial charge in [0, 0.05) is 12.1 Å². The molecule has 0 radical (unpaired) electrons. The van der Waals surface area contributed by atoms with Crippen molar-refractivity contribution in [3.05, 3.63) is 48.3 Å². The Bertz CT molecular complexity index is 770. The number of allylic oxidation sites excluding steroid dienone is 1. The Labute approximate surface area is 145 Å². The van der Waals surface area contributed by atoms with Crippen LogP contribution in [0.2, 0.25) is 0 Å². The lowest BCUT2D eigenvalue weighted by Gasteiger charge is -2.14.